The first-order valence-electron chi connectivity index (χ1n) is 8.66. The largest absolute Gasteiger partial charge is 0.466 e. The molecule has 0 N–H and O–H groups in total. The van der Waals surface area contributed by atoms with Crippen molar-refractivity contribution in [3.8, 4) is 0 Å². The minimum Gasteiger partial charge on any atom is -0.466 e. The number of carbonyl (C=O) groups excluding carboxylic acids is 2. The maximum absolute atomic E-state index is 13.4. The van der Waals surface area contributed by atoms with Crippen LogP contribution in [0.25, 0.3) is 0 Å². The van der Waals surface area contributed by atoms with E-state index in [9.17, 15) is 9.59 Å². The molecule has 27 heavy (non-hydrogen) atoms. The number of ketones is 1. The molecule has 1 fully saturated rings. The second-order valence-electron chi connectivity index (χ2n) is 6.57. The van der Waals surface area contributed by atoms with Crippen LogP contribution < -0.4 is 0 Å². The summed E-state index contributed by atoms with van der Waals surface area (Å²) in [5.74, 6) is -3.26. The number of hydrogen-bond acceptors (Lipinski definition) is 7. The first-order valence-corrected chi connectivity index (χ1v) is 8.66. The zero-order chi connectivity index (χ0) is 19.7. The van der Waals surface area contributed by atoms with Crippen molar-refractivity contribution in [1.29, 1.82) is 0 Å². The fraction of sp³-hybridized carbons (Fsp3) is 0.500. The van der Waals surface area contributed by atoms with Gasteiger partial charge in [0.15, 0.2) is 5.60 Å². The lowest BCUT2D eigenvalue weighted by atomic mass is 9.62. The maximum atomic E-state index is 13.4. The van der Waals surface area contributed by atoms with Gasteiger partial charge in [-0.15, -0.1) is 0 Å². The molecule has 0 heterocycles. The fourth-order valence-electron chi connectivity index (χ4n) is 4.06. The molecule has 2 bridgehead atoms. The Bertz CT molecular complexity index is 738. The van der Waals surface area contributed by atoms with Crippen molar-refractivity contribution in [1.82, 2.24) is 0 Å². The van der Waals surface area contributed by atoms with Crippen LogP contribution in [0.2, 0.25) is 0 Å². The van der Waals surface area contributed by atoms with E-state index in [0.717, 1.165) is 5.56 Å². The molecule has 0 radical (unpaired) electrons. The standard InChI is InChI=1S/C20H24O7/c1-23-17(21)14-11-19(24-2)16(27-12-13-8-6-5-7-9-13)10-15(14)20(25-3,26-4)18(19)22/h5-9,11,15-16H,10,12H2,1-4H3/t15-,16-,19+/m0/s1. The van der Waals surface area contributed by atoms with Gasteiger partial charge in [0.25, 0.3) is 0 Å². The highest BCUT2D eigenvalue weighted by Crippen LogP contribution is 2.51. The molecule has 0 aliphatic heterocycles. The van der Waals surface area contributed by atoms with E-state index in [2.05, 4.69) is 0 Å². The van der Waals surface area contributed by atoms with Gasteiger partial charge in [-0.3, -0.25) is 4.79 Å². The summed E-state index contributed by atoms with van der Waals surface area (Å²) in [6, 6.07) is 9.63. The molecule has 3 aliphatic rings. The SMILES string of the molecule is COC(=O)C1=C[C@]2(OC)C(=O)C(OC)(OC)[C@H]1C[C@@H]2OCc1ccccc1. The van der Waals surface area contributed by atoms with Gasteiger partial charge >= 0.3 is 5.97 Å². The van der Waals surface area contributed by atoms with Crippen molar-refractivity contribution in [2.24, 2.45) is 5.92 Å². The topological polar surface area (TPSA) is 80.3 Å². The Hall–Kier alpha value is -2.06. The number of rotatable bonds is 7. The highest BCUT2D eigenvalue weighted by Gasteiger charge is 2.69. The maximum Gasteiger partial charge on any atom is 0.334 e. The van der Waals surface area contributed by atoms with E-state index in [1.807, 2.05) is 30.3 Å². The van der Waals surface area contributed by atoms with Gasteiger partial charge < -0.3 is 23.7 Å². The second-order valence-corrected chi connectivity index (χ2v) is 6.57. The summed E-state index contributed by atoms with van der Waals surface area (Å²) >= 11 is 0. The summed E-state index contributed by atoms with van der Waals surface area (Å²) < 4.78 is 27.6. The average molecular weight is 376 g/mol. The summed E-state index contributed by atoms with van der Waals surface area (Å²) in [6.45, 7) is 0.310. The van der Waals surface area contributed by atoms with E-state index < -0.39 is 35.2 Å². The molecule has 1 aromatic carbocycles. The van der Waals surface area contributed by atoms with E-state index in [0.29, 0.717) is 18.6 Å². The van der Waals surface area contributed by atoms with Gasteiger partial charge in [-0.25, -0.2) is 4.79 Å². The highest BCUT2D eigenvalue weighted by molar-refractivity contribution is 6.04. The normalized spacial score (nSPS) is 28.7. The molecule has 3 atom stereocenters. The van der Waals surface area contributed by atoms with Crippen molar-refractivity contribution < 1.29 is 33.3 Å². The third kappa shape index (κ3) is 2.91. The van der Waals surface area contributed by atoms with Crippen molar-refractivity contribution >= 4 is 11.8 Å². The van der Waals surface area contributed by atoms with E-state index in [1.54, 1.807) is 0 Å². The van der Waals surface area contributed by atoms with Gasteiger partial charge in [-0.05, 0) is 18.1 Å². The summed E-state index contributed by atoms with van der Waals surface area (Å²) in [5, 5.41) is 0. The second kappa shape index (κ2) is 7.52. The monoisotopic (exact) mass is 376 g/mol. The lowest BCUT2D eigenvalue weighted by Crippen LogP contribution is -2.72. The van der Waals surface area contributed by atoms with Crippen molar-refractivity contribution in [2.45, 2.75) is 30.5 Å². The van der Waals surface area contributed by atoms with Crippen molar-refractivity contribution in [3.63, 3.8) is 0 Å². The van der Waals surface area contributed by atoms with Gasteiger partial charge in [0.1, 0.15) is 0 Å². The minimum absolute atomic E-state index is 0.294. The molecule has 4 rings (SSSR count). The predicted octanol–water partition coefficient (Wildman–Crippen LogP) is 1.65. The number of hydrogen-bond donors (Lipinski definition) is 0. The van der Waals surface area contributed by atoms with Crippen LogP contribution in [0.5, 0.6) is 0 Å². The minimum atomic E-state index is -1.62. The van der Waals surface area contributed by atoms with Crippen molar-refractivity contribution in [3.05, 3.63) is 47.5 Å². The lowest BCUT2D eigenvalue weighted by molar-refractivity contribution is -0.269. The van der Waals surface area contributed by atoms with Crippen LogP contribution in [0.15, 0.2) is 42.0 Å². The number of benzene rings is 1. The molecular formula is C20H24O7. The Labute approximate surface area is 158 Å². The van der Waals surface area contributed by atoms with Gasteiger partial charge in [0.05, 0.1) is 25.7 Å². The highest BCUT2D eigenvalue weighted by atomic mass is 16.7. The lowest BCUT2D eigenvalue weighted by Gasteiger charge is -2.54. The molecule has 0 aromatic heterocycles. The first kappa shape index (κ1) is 19.7. The molecule has 146 valence electrons. The smallest absolute Gasteiger partial charge is 0.334 e. The zero-order valence-electron chi connectivity index (χ0n) is 15.9. The summed E-state index contributed by atoms with van der Waals surface area (Å²) in [6.07, 6.45) is 1.23. The zero-order valence-corrected chi connectivity index (χ0v) is 15.9. The van der Waals surface area contributed by atoms with Crippen LogP contribution in [-0.4, -0.2) is 57.7 Å². The Kier molecular flexibility index (Phi) is 5.48. The van der Waals surface area contributed by atoms with Gasteiger partial charge in [0, 0.05) is 26.9 Å². The van der Waals surface area contributed by atoms with Crippen LogP contribution in [0.1, 0.15) is 12.0 Å². The molecule has 1 saturated carbocycles. The Morgan fingerprint density at radius 3 is 2.30 bits per heavy atom. The Balaban J connectivity index is 2.00. The number of Topliss-reactive ketones (excluding diaryl/α,β-unsaturated/α-hetero) is 1. The quantitative estimate of drug-likeness (QED) is 0.529. The van der Waals surface area contributed by atoms with Gasteiger partial charge in [-0.1, -0.05) is 30.3 Å². The van der Waals surface area contributed by atoms with E-state index in [4.69, 9.17) is 23.7 Å². The third-order valence-electron chi connectivity index (χ3n) is 5.46. The number of fused-ring (bicyclic) bond motifs is 2. The molecule has 0 saturated heterocycles. The van der Waals surface area contributed by atoms with Gasteiger partial charge in [-0.2, -0.15) is 0 Å². The molecule has 3 aliphatic carbocycles. The van der Waals surface area contributed by atoms with Crippen LogP contribution in [0, 0.1) is 5.92 Å². The van der Waals surface area contributed by atoms with Crippen LogP contribution >= 0.6 is 0 Å². The molecule has 1 aromatic rings. The van der Waals surface area contributed by atoms with Crippen LogP contribution in [0.4, 0.5) is 0 Å². The van der Waals surface area contributed by atoms with E-state index >= 15 is 0 Å². The molecule has 0 unspecified atom stereocenters. The molecule has 7 nitrogen and oxygen atoms in total. The number of carbonyl (C=O) groups is 2. The summed E-state index contributed by atoms with van der Waals surface area (Å²) in [7, 11) is 5.45. The molecular weight excluding hydrogens is 352 g/mol. The Morgan fingerprint density at radius 2 is 1.74 bits per heavy atom. The first-order chi connectivity index (χ1) is 13.0. The number of methoxy groups -OCH3 is 4. The molecule has 0 spiro atoms. The third-order valence-corrected chi connectivity index (χ3v) is 5.46. The number of ether oxygens (including phenoxy) is 5. The number of esters is 1. The molecule has 7 heteroatoms. The van der Waals surface area contributed by atoms with Crippen molar-refractivity contribution in [2.75, 3.05) is 28.4 Å². The van der Waals surface area contributed by atoms with E-state index in [-0.39, 0.29) is 0 Å². The summed E-state index contributed by atoms with van der Waals surface area (Å²) in [4.78, 5) is 25.7. The van der Waals surface area contributed by atoms with Crippen LogP contribution in [-0.2, 0) is 39.9 Å². The molecule has 0 amide bonds. The fourth-order valence-corrected chi connectivity index (χ4v) is 4.06. The summed E-state index contributed by atoms with van der Waals surface area (Å²) in [5.41, 5.74) is -0.235. The van der Waals surface area contributed by atoms with E-state index in [1.165, 1.54) is 34.5 Å². The van der Waals surface area contributed by atoms with Gasteiger partial charge in [0.2, 0.25) is 11.6 Å². The van der Waals surface area contributed by atoms with Crippen LogP contribution in [0.3, 0.4) is 0 Å². The predicted molar refractivity (Wildman–Crippen MR) is 94.7 cm³/mol. The Morgan fingerprint density at radius 1 is 1.07 bits per heavy atom. The average Bonchev–Trinajstić information content (AvgIpc) is 2.73.